The summed E-state index contributed by atoms with van der Waals surface area (Å²) in [7, 11) is 0. The number of hydrogen-bond donors (Lipinski definition) is 0. The van der Waals surface area contributed by atoms with Crippen LogP contribution in [0.25, 0.3) is 10.9 Å². The smallest absolute Gasteiger partial charge is 0.153 e. The highest BCUT2D eigenvalue weighted by Gasteiger charge is 2.29. The number of benzene rings is 1. The molecule has 3 aromatic rings. The maximum absolute atomic E-state index is 14.0. The molecule has 3 heterocycles. The van der Waals surface area contributed by atoms with E-state index in [-0.39, 0.29) is 5.82 Å². The van der Waals surface area contributed by atoms with Gasteiger partial charge in [0.2, 0.25) is 0 Å². The van der Waals surface area contributed by atoms with Crippen LogP contribution in [0.4, 0.5) is 10.1 Å². The normalized spacial score (nSPS) is 23.6. The van der Waals surface area contributed by atoms with Gasteiger partial charge >= 0.3 is 0 Å². The van der Waals surface area contributed by atoms with Crippen LogP contribution in [0.15, 0.2) is 42.7 Å². The van der Waals surface area contributed by atoms with Gasteiger partial charge in [-0.25, -0.2) is 4.39 Å². The number of aromatic nitrogens is 3. The molecule has 1 saturated carbocycles. The van der Waals surface area contributed by atoms with Crippen molar-refractivity contribution in [2.75, 3.05) is 31.1 Å². The monoisotopic (exact) mass is 413 g/mol. The van der Waals surface area contributed by atoms with Crippen LogP contribution in [0.3, 0.4) is 0 Å². The Kier molecular flexibility index (Phi) is 5.14. The van der Waals surface area contributed by atoms with Crippen LogP contribution >= 0.6 is 11.6 Å². The van der Waals surface area contributed by atoms with Crippen LogP contribution in [0.1, 0.15) is 31.7 Å². The number of nitrogens with zero attached hydrogens (tertiary/aromatic N) is 5. The number of rotatable bonds is 3. The third-order valence-corrected chi connectivity index (χ3v) is 6.76. The molecular formula is C22H25ClFN5. The van der Waals surface area contributed by atoms with E-state index in [2.05, 4.69) is 30.8 Å². The highest BCUT2D eigenvalue weighted by Crippen LogP contribution is 2.34. The Labute approximate surface area is 175 Å². The van der Waals surface area contributed by atoms with Crippen molar-refractivity contribution in [2.24, 2.45) is 0 Å². The average Bonchev–Trinajstić information content (AvgIpc) is 3.20. The molecular weight excluding hydrogens is 389 g/mol. The lowest BCUT2D eigenvalue weighted by atomic mass is 9.89. The van der Waals surface area contributed by atoms with Crippen LogP contribution in [-0.2, 0) is 0 Å². The van der Waals surface area contributed by atoms with Crippen LogP contribution in [0, 0.1) is 5.82 Å². The maximum atomic E-state index is 14.0. The molecule has 0 bridgehead atoms. The summed E-state index contributed by atoms with van der Waals surface area (Å²) in [6, 6.07) is 10.3. The molecule has 0 atom stereocenters. The zero-order valence-electron chi connectivity index (χ0n) is 16.3. The Hall–Kier alpha value is -2.18. The number of hydrogen-bond acceptors (Lipinski definition) is 4. The third kappa shape index (κ3) is 3.71. The maximum Gasteiger partial charge on any atom is 0.153 e. The molecule has 1 aliphatic carbocycles. The average molecular weight is 414 g/mol. The van der Waals surface area contributed by atoms with Gasteiger partial charge in [-0.05, 0) is 43.9 Å². The first-order chi connectivity index (χ1) is 14.2. The molecule has 0 N–H and O–H groups in total. The van der Waals surface area contributed by atoms with Crippen LogP contribution in [0.5, 0.6) is 0 Å². The molecule has 2 aromatic heterocycles. The topological polar surface area (TPSA) is 37.2 Å². The van der Waals surface area contributed by atoms with E-state index in [4.69, 9.17) is 11.6 Å². The standard InChI is InChI=1S/C22H25ClFN5/c23-22-14-18(15-25-26-22)28-12-10-27(11-13-28)16-4-6-17(7-5-16)29-9-8-19-20(24)2-1-3-21(19)29/h1-3,8-9,14-17H,4-7,10-13H2/t16-,17+. The molecule has 5 nitrogen and oxygen atoms in total. The zero-order valence-corrected chi connectivity index (χ0v) is 17.1. The molecule has 0 spiro atoms. The first kappa shape index (κ1) is 18.8. The molecule has 2 fully saturated rings. The predicted molar refractivity (Wildman–Crippen MR) is 114 cm³/mol. The Bertz CT molecular complexity index is 990. The third-order valence-electron chi connectivity index (χ3n) is 6.58. The SMILES string of the molecule is Fc1cccc2c1ccn2[C@H]1CC[C@@H](N2CCN(c3cnnc(Cl)c3)CC2)CC1. The second-order valence-electron chi connectivity index (χ2n) is 8.12. The summed E-state index contributed by atoms with van der Waals surface area (Å²) < 4.78 is 16.3. The highest BCUT2D eigenvalue weighted by molar-refractivity contribution is 6.29. The number of fused-ring (bicyclic) bond motifs is 1. The van der Waals surface area contributed by atoms with E-state index in [1.807, 2.05) is 24.3 Å². The van der Waals surface area contributed by atoms with Gasteiger partial charge in [-0.3, -0.25) is 4.90 Å². The molecule has 2 aliphatic rings. The van der Waals surface area contributed by atoms with Crippen molar-refractivity contribution in [1.82, 2.24) is 19.7 Å². The van der Waals surface area contributed by atoms with Gasteiger partial charge in [0.05, 0.1) is 17.4 Å². The van der Waals surface area contributed by atoms with Crippen LogP contribution in [-0.4, -0.2) is 51.9 Å². The number of piperazine rings is 1. The van der Waals surface area contributed by atoms with Gasteiger partial charge in [-0.15, -0.1) is 5.10 Å². The van der Waals surface area contributed by atoms with Gasteiger partial charge in [0.1, 0.15) is 5.82 Å². The minimum absolute atomic E-state index is 0.126. The van der Waals surface area contributed by atoms with Gasteiger partial charge in [-0.2, -0.15) is 5.10 Å². The number of anilines is 1. The van der Waals surface area contributed by atoms with E-state index in [1.165, 1.54) is 12.8 Å². The Morgan fingerprint density at radius 2 is 1.72 bits per heavy atom. The molecule has 0 amide bonds. The second-order valence-corrected chi connectivity index (χ2v) is 8.50. The first-order valence-corrected chi connectivity index (χ1v) is 10.8. The van der Waals surface area contributed by atoms with E-state index < -0.39 is 0 Å². The minimum atomic E-state index is -0.126. The lowest BCUT2D eigenvalue weighted by Gasteiger charge is -2.42. The summed E-state index contributed by atoms with van der Waals surface area (Å²) in [5, 5.41) is 8.97. The van der Waals surface area contributed by atoms with Crippen molar-refractivity contribution in [3.8, 4) is 0 Å². The quantitative estimate of drug-likeness (QED) is 0.632. The first-order valence-electron chi connectivity index (χ1n) is 10.4. The summed E-state index contributed by atoms with van der Waals surface area (Å²) in [5.41, 5.74) is 2.08. The number of halogens is 2. The van der Waals surface area contributed by atoms with Gasteiger partial charge in [0, 0.05) is 55.9 Å². The summed E-state index contributed by atoms with van der Waals surface area (Å²) in [5.74, 6) is -0.126. The van der Waals surface area contributed by atoms with Gasteiger partial charge in [0.15, 0.2) is 5.15 Å². The molecule has 1 saturated heterocycles. The van der Waals surface area contributed by atoms with Crippen LogP contribution in [0.2, 0.25) is 5.15 Å². The molecule has 152 valence electrons. The summed E-state index contributed by atoms with van der Waals surface area (Å²) in [4.78, 5) is 4.97. The van der Waals surface area contributed by atoms with Gasteiger partial charge in [-0.1, -0.05) is 17.7 Å². The van der Waals surface area contributed by atoms with Crippen molar-refractivity contribution in [3.05, 3.63) is 53.7 Å². The predicted octanol–water partition coefficient (Wildman–Crippen LogP) is 4.53. The van der Waals surface area contributed by atoms with Crippen molar-refractivity contribution >= 4 is 28.2 Å². The van der Waals surface area contributed by atoms with E-state index in [0.717, 1.165) is 55.6 Å². The molecule has 29 heavy (non-hydrogen) atoms. The van der Waals surface area contributed by atoms with Crippen molar-refractivity contribution in [1.29, 1.82) is 0 Å². The highest BCUT2D eigenvalue weighted by atomic mass is 35.5. The Balaban J connectivity index is 1.19. The lowest BCUT2D eigenvalue weighted by Crippen LogP contribution is -2.51. The van der Waals surface area contributed by atoms with Gasteiger partial charge < -0.3 is 9.47 Å². The molecule has 5 rings (SSSR count). The molecule has 1 aliphatic heterocycles. The van der Waals surface area contributed by atoms with E-state index in [0.29, 0.717) is 17.2 Å². The fourth-order valence-corrected chi connectivity index (χ4v) is 5.18. The fourth-order valence-electron chi connectivity index (χ4n) is 5.02. The molecule has 0 radical (unpaired) electrons. The van der Waals surface area contributed by atoms with E-state index in [9.17, 15) is 4.39 Å². The summed E-state index contributed by atoms with van der Waals surface area (Å²) >= 11 is 5.98. The lowest BCUT2D eigenvalue weighted by molar-refractivity contribution is 0.131. The zero-order chi connectivity index (χ0) is 19.8. The van der Waals surface area contributed by atoms with Crippen LogP contribution < -0.4 is 4.90 Å². The van der Waals surface area contributed by atoms with E-state index >= 15 is 0 Å². The minimum Gasteiger partial charge on any atom is -0.368 e. The fraction of sp³-hybridized carbons (Fsp3) is 0.455. The van der Waals surface area contributed by atoms with Crippen molar-refractivity contribution in [3.63, 3.8) is 0 Å². The molecule has 0 unspecified atom stereocenters. The Morgan fingerprint density at radius 1 is 0.966 bits per heavy atom. The second kappa shape index (κ2) is 7.92. The van der Waals surface area contributed by atoms with Gasteiger partial charge in [0.25, 0.3) is 0 Å². The largest absolute Gasteiger partial charge is 0.368 e. The molecule has 1 aromatic carbocycles. The summed E-state index contributed by atoms with van der Waals surface area (Å²) in [6.07, 6.45) is 8.54. The Morgan fingerprint density at radius 3 is 2.48 bits per heavy atom. The molecule has 7 heteroatoms. The summed E-state index contributed by atoms with van der Waals surface area (Å²) in [6.45, 7) is 4.10. The van der Waals surface area contributed by atoms with Crippen molar-refractivity contribution < 1.29 is 4.39 Å². The van der Waals surface area contributed by atoms with E-state index in [1.54, 1.807) is 12.3 Å². The van der Waals surface area contributed by atoms with Crippen molar-refractivity contribution in [2.45, 2.75) is 37.8 Å².